The van der Waals surface area contributed by atoms with Crippen molar-refractivity contribution in [1.29, 1.82) is 0 Å². The maximum absolute atomic E-state index is 11.2. The number of hydrogen-bond acceptors (Lipinski definition) is 2. The van der Waals surface area contributed by atoms with E-state index in [0.717, 1.165) is 32.5 Å². The summed E-state index contributed by atoms with van der Waals surface area (Å²) < 4.78 is 0. The molecular formula is C15H29NO2. The molecule has 1 saturated heterocycles. The molecule has 0 bridgehead atoms. The van der Waals surface area contributed by atoms with Crippen LogP contribution >= 0.6 is 0 Å². The van der Waals surface area contributed by atoms with Crippen molar-refractivity contribution in [2.24, 2.45) is 11.3 Å². The predicted molar refractivity (Wildman–Crippen MR) is 74.7 cm³/mol. The van der Waals surface area contributed by atoms with Crippen LogP contribution in [0.3, 0.4) is 0 Å². The van der Waals surface area contributed by atoms with Gasteiger partial charge in [-0.1, -0.05) is 40.0 Å². The summed E-state index contributed by atoms with van der Waals surface area (Å²) in [4.78, 5) is 13.5. The molecule has 1 N–H and O–H groups in total. The Morgan fingerprint density at radius 2 is 1.72 bits per heavy atom. The van der Waals surface area contributed by atoms with Gasteiger partial charge in [0.1, 0.15) is 0 Å². The highest BCUT2D eigenvalue weighted by Crippen LogP contribution is 2.39. The molecule has 0 aromatic heterocycles. The molecule has 18 heavy (non-hydrogen) atoms. The van der Waals surface area contributed by atoms with Crippen LogP contribution in [-0.2, 0) is 4.79 Å². The Bertz CT molecular complexity index is 251. The van der Waals surface area contributed by atoms with E-state index in [1.54, 1.807) is 0 Å². The second kappa shape index (κ2) is 7.13. The first-order valence-corrected chi connectivity index (χ1v) is 7.52. The van der Waals surface area contributed by atoms with Gasteiger partial charge in [-0.25, -0.2) is 0 Å². The van der Waals surface area contributed by atoms with Crippen LogP contribution in [0.4, 0.5) is 0 Å². The third-order valence-corrected chi connectivity index (χ3v) is 4.14. The minimum atomic E-state index is -0.625. The number of aliphatic carboxylic acids is 1. The summed E-state index contributed by atoms with van der Waals surface area (Å²) >= 11 is 0. The smallest absolute Gasteiger partial charge is 0.307 e. The molecule has 0 aromatic rings. The van der Waals surface area contributed by atoms with Crippen LogP contribution in [0.1, 0.15) is 59.3 Å². The van der Waals surface area contributed by atoms with E-state index >= 15 is 0 Å². The number of carboxylic acid groups (broad SMARTS) is 1. The van der Waals surface area contributed by atoms with Gasteiger partial charge in [-0.3, -0.25) is 4.79 Å². The van der Waals surface area contributed by atoms with E-state index in [1.807, 2.05) is 0 Å². The standard InChI is InChI=1S/C15H29NO2/c1-4-7-13(14(17)18)10-16-11-15(12-16,8-5-2)9-6-3/h13H,4-12H2,1-3H3,(H,17,18). The molecule has 0 aliphatic carbocycles. The van der Waals surface area contributed by atoms with Gasteiger partial charge in [-0.05, 0) is 24.7 Å². The third-order valence-electron chi connectivity index (χ3n) is 4.14. The molecule has 0 aromatic carbocycles. The molecule has 0 amide bonds. The summed E-state index contributed by atoms with van der Waals surface area (Å²) in [5.74, 6) is -0.795. The largest absolute Gasteiger partial charge is 0.481 e. The average Bonchev–Trinajstić information content (AvgIpc) is 2.26. The van der Waals surface area contributed by atoms with Gasteiger partial charge in [-0.2, -0.15) is 0 Å². The molecule has 0 saturated carbocycles. The molecule has 3 nitrogen and oxygen atoms in total. The van der Waals surface area contributed by atoms with E-state index in [-0.39, 0.29) is 5.92 Å². The van der Waals surface area contributed by atoms with E-state index in [1.165, 1.54) is 25.7 Å². The van der Waals surface area contributed by atoms with Crippen molar-refractivity contribution in [2.45, 2.75) is 59.3 Å². The van der Waals surface area contributed by atoms with Gasteiger partial charge in [-0.15, -0.1) is 0 Å². The van der Waals surface area contributed by atoms with E-state index in [4.69, 9.17) is 0 Å². The number of nitrogens with zero attached hydrogens (tertiary/aromatic N) is 1. The fraction of sp³-hybridized carbons (Fsp3) is 0.933. The summed E-state index contributed by atoms with van der Waals surface area (Å²) in [6.07, 6.45) is 6.84. The first kappa shape index (κ1) is 15.5. The Hall–Kier alpha value is -0.570. The zero-order valence-electron chi connectivity index (χ0n) is 12.2. The fourth-order valence-corrected chi connectivity index (χ4v) is 3.49. The summed E-state index contributed by atoms with van der Waals surface area (Å²) in [5.41, 5.74) is 0.499. The molecule has 1 unspecified atom stereocenters. The van der Waals surface area contributed by atoms with Crippen molar-refractivity contribution in [3.05, 3.63) is 0 Å². The van der Waals surface area contributed by atoms with Gasteiger partial charge < -0.3 is 10.0 Å². The Labute approximate surface area is 112 Å². The molecule has 0 radical (unpaired) electrons. The van der Waals surface area contributed by atoms with Gasteiger partial charge in [0.05, 0.1) is 5.92 Å². The zero-order valence-corrected chi connectivity index (χ0v) is 12.2. The van der Waals surface area contributed by atoms with Crippen LogP contribution in [-0.4, -0.2) is 35.6 Å². The van der Waals surface area contributed by atoms with Crippen molar-refractivity contribution in [1.82, 2.24) is 4.90 Å². The van der Waals surface area contributed by atoms with E-state index in [9.17, 15) is 9.90 Å². The van der Waals surface area contributed by atoms with Crippen LogP contribution < -0.4 is 0 Å². The molecule has 1 heterocycles. The maximum Gasteiger partial charge on any atom is 0.307 e. The van der Waals surface area contributed by atoms with Crippen LogP contribution in [0.2, 0.25) is 0 Å². The van der Waals surface area contributed by atoms with Gasteiger partial charge in [0.15, 0.2) is 0 Å². The van der Waals surface area contributed by atoms with Crippen molar-refractivity contribution < 1.29 is 9.90 Å². The van der Waals surface area contributed by atoms with Crippen LogP contribution in [0.5, 0.6) is 0 Å². The summed E-state index contributed by atoms with van der Waals surface area (Å²) in [6, 6.07) is 0. The molecule has 0 spiro atoms. The Kier molecular flexibility index (Phi) is 6.13. The molecule has 3 heteroatoms. The molecule has 1 atom stereocenters. The van der Waals surface area contributed by atoms with Crippen molar-refractivity contribution >= 4 is 5.97 Å². The Morgan fingerprint density at radius 1 is 1.17 bits per heavy atom. The maximum atomic E-state index is 11.2. The van der Waals surface area contributed by atoms with Crippen molar-refractivity contribution in [3.63, 3.8) is 0 Å². The topological polar surface area (TPSA) is 40.5 Å². The van der Waals surface area contributed by atoms with Crippen LogP contribution in [0.15, 0.2) is 0 Å². The number of carbonyl (C=O) groups is 1. The first-order chi connectivity index (χ1) is 8.56. The van der Waals surface area contributed by atoms with Crippen LogP contribution in [0.25, 0.3) is 0 Å². The SMILES string of the molecule is CCCC(CN1CC(CCC)(CCC)C1)C(=O)O. The molecule has 1 aliphatic heterocycles. The van der Waals surface area contributed by atoms with Crippen molar-refractivity contribution in [2.75, 3.05) is 19.6 Å². The lowest BCUT2D eigenvalue weighted by atomic mass is 9.72. The van der Waals surface area contributed by atoms with Gasteiger partial charge in [0, 0.05) is 19.6 Å². The summed E-state index contributed by atoms with van der Waals surface area (Å²) in [5, 5.41) is 9.18. The lowest BCUT2D eigenvalue weighted by molar-refractivity contribution is -0.144. The lowest BCUT2D eigenvalue weighted by Crippen LogP contribution is -2.57. The number of likely N-dealkylation sites (tertiary alicyclic amines) is 1. The lowest BCUT2D eigenvalue weighted by Gasteiger charge is -2.51. The van der Waals surface area contributed by atoms with Crippen LogP contribution in [0, 0.1) is 11.3 Å². The third kappa shape index (κ3) is 3.98. The average molecular weight is 255 g/mol. The fourth-order valence-electron chi connectivity index (χ4n) is 3.49. The minimum absolute atomic E-state index is 0.170. The normalized spacial score (nSPS) is 20.4. The molecule has 1 fully saturated rings. The predicted octanol–water partition coefficient (Wildman–Crippen LogP) is 3.39. The molecule has 1 rings (SSSR count). The quantitative estimate of drug-likeness (QED) is 0.686. The molecular weight excluding hydrogens is 226 g/mol. The van der Waals surface area contributed by atoms with E-state index in [0.29, 0.717) is 5.41 Å². The monoisotopic (exact) mass is 255 g/mol. The summed E-state index contributed by atoms with van der Waals surface area (Å²) in [6.45, 7) is 9.53. The second-order valence-corrected chi connectivity index (χ2v) is 5.99. The van der Waals surface area contributed by atoms with Gasteiger partial charge >= 0.3 is 5.97 Å². The molecule has 1 aliphatic rings. The Morgan fingerprint density at radius 3 is 2.11 bits per heavy atom. The Balaban J connectivity index is 2.41. The van der Waals surface area contributed by atoms with E-state index < -0.39 is 5.97 Å². The highest BCUT2D eigenvalue weighted by molar-refractivity contribution is 5.70. The van der Waals surface area contributed by atoms with Gasteiger partial charge in [0.2, 0.25) is 0 Å². The summed E-state index contributed by atoms with van der Waals surface area (Å²) in [7, 11) is 0. The highest BCUT2D eigenvalue weighted by Gasteiger charge is 2.42. The minimum Gasteiger partial charge on any atom is -0.481 e. The van der Waals surface area contributed by atoms with Gasteiger partial charge in [0.25, 0.3) is 0 Å². The van der Waals surface area contributed by atoms with E-state index in [2.05, 4.69) is 25.7 Å². The second-order valence-electron chi connectivity index (χ2n) is 5.99. The highest BCUT2D eigenvalue weighted by atomic mass is 16.4. The number of carboxylic acids is 1. The number of hydrogen-bond donors (Lipinski definition) is 1. The number of rotatable bonds is 9. The van der Waals surface area contributed by atoms with Crippen molar-refractivity contribution in [3.8, 4) is 0 Å². The molecule has 106 valence electrons. The first-order valence-electron chi connectivity index (χ1n) is 7.52. The zero-order chi connectivity index (χ0) is 13.6.